The predicted octanol–water partition coefficient (Wildman–Crippen LogP) is 3.31. The third-order valence-electron chi connectivity index (χ3n) is 4.18. The number of hydrogen-bond acceptors (Lipinski definition) is 4. The molecule has 0 saturated carbocycles. The molecule has 0 unspecified atom stereocenters. The van der Waals surface area contributed by atoms with Crippen molar-refractivity contribution in [3.63, 3.8) is 0 Å². The number of benzene rings is 1. The van der Waals surface area contributed by atoms with E-state index in [4.69, 9.17) is 10.1 Å². The molecule has 0 aliphatic rings. The lowest BCUT2D eigenvalue weighted by molar-refractivity contribution is 0.268. The summed E-state index contributed by atoms with van der Waals surface area (Å²) in [5, 5.41) is 12.4. The molecule has 0 amide bonds. The summed E-state index contributed by atoms with van der Waals surface area (Å²) in [6, 6.07) is 14.5. The number of aliphatic hydroxyl groups is 1. The Morgan fingerprint density at radius 1 is 1.16 bits per heavy atom. The summed E-state index contributed by atoms with van der Waals surface area (Å²) in [4.78, 5) is 12.7. The van der Waals surface area contributed by atoms with Gasteiger partial charge >= 0.3 is 0 Å². The molecule has 0 aliphatic heterocycles. The average molecular weight is 336 g/mol. The van der Waals surface area contributed by atoms with E-state index in [1.165, 1.54) is 5.56 Å². The fraction of sp³-hybridized carbons (Fsp3) is 0.300. The van der Waals surface area contributed by atoms with Crippen LogP contribution in [0.2, 0.25) is 0 Å². The third-order valence-corrected chi connectivity index (χ3v) is 4.18. The van der Waals surface area contributed by atoms with Crippen molar-refractivity contribution in [2.24, 2.45) is 0 Å². The zero-order valence-electron chi connectivity index (χ0n) is 14.7. The van der Waals surface area contributed by atoms with Gasteiger partial charge in [-0.15, -0.1) is 0 Å². The van der Waals surface area contributed by atoms with E-state index in [0.717, 1.165) is 34.9 Å². The van der Waals surface area contributed by atoms with Gasteiger partial charge in [0.25, 0.3) is 0 Å². The standard InChI is InChI=1S/C20H24N4O/c1-14-6-8-16(9-7-14)19-20(17-5-3-4-11-21-17)24-18(23-19)13-22-15(2)10-12-25/h3-9,11,15,22,25H,10,12-13H2,1-2H3,(H,23,24)/t15-/m0/s1. The molecule has 0 radical (unpaired) electrons. The summed E-state index contributed by atoms with van der Waals surface area (Å²) in [6.45, 7) is 4.93. The van der Waals surface area contributed by atoms with Gasteiger partial charge in [-0.25, -0.2) is 4.98 Å². The molecule has 0 bridgehead atoms. The highest BCUT2D eigenvalue weighted by Gasteiger charge is 2.15. The molecule has 0 spiro atoms. The van der Waals surface area contributed by atoms with Gasteiger partial charge in [-0.1, -0.05) is 35.9 Å². The molecule has 2 heterocycles. The fourth-order valence-electron chi connectivity index (χ4n) is 2.69. The number of nitrogens with one attached hydrogen (secondary N) is 2. The second-order valence-electron chi connectivity index (χ2n) is 6.28. The molecule has 130 valence electrons. The number of rotatable bonds is 7. The molecule has 3 N–H and O–H groups in total. The molecular formula is C20H24N4O. The molecule has 2 aromatic heterocycles. The summed E-state index contributed by atoms with van der Waals surface area (Å²) in [6.07, 6.45) is 2.51. The van der Waals surface area contributed by atoms with Crippen LogP contribution in [0.3, 0.4) is 0 Å². The molecule has 5 nitrogen and oxygen atoms in total. The van der Waals surface area contributed by atoms with Crippen LogP contribution >= 0.6 is 0 Å². The third kappa shape index (κ3) is 4.32. The first kappa shape index (κ1) is 17.3. The summed E-state index contributed by atoms with van der Waals surface area (Å²) in [5.74, 6) is 0.862. The molecule has 0 fully saturated rings. The normalized spacial score (nSPS) is 12.3. The molecule has 25 heavy (non-hydrogen) atoms. The highest BCUT2D eigenvalue weighted by molar-refractivity contribution is 5.76. The van der Waals surface area contributed by atoms with Crippen molar-refractivity contribution in [3.05, 3.63) is 60.0 Å². The van der Waals surface area contributed by atoms with Crippen LogP contribution in [0.4, 0.5) is 0 Å². The van der Waals surface area contributed by atoms with Gasteiger partial charge in [0, 0.05) is 24.4 Å². The van der Waals surface area contributed by atoms with Gasteiger partial charge in [0.2, 0.25) is 0 Å². The van der Waals surface area contributed by atoms with Crippen molar-refractivity contribution in [1.29, 1.82) is 0 Å². The van der Waals surface area contributed by atoms with Gasteiger partial charge < -0.3 is 15.4 Å². The number of aromatic amines is 1. The Balaban J connectivity index is 1.93. The van der Waals surface area contributed by atoms with Gasteiger partial charge in [-0.2, -0.15) is 0 Å². The van der Waals surface area contributed by atoms with Crippen molar-refractivity contribution in [1.82, 2.24) is 20.3 Å². The van der Waals surface area contributed by atoms with E-state index in [0.29, 0.717) is 6.54 Å². The van der Waals surface area contributed by atoms with Crippen molar-refractivity contribution in [2.75, 3.05) is 6.61 Å². The van der Waals surface area contributed by atoms with Crippen LogP contribution in [0.15, 0.2) is 48.7 Å². The quantitative estimate of drug-likeness (QED) is 0.619. The molecule has 5 heteroatoms. The highest BCUT2D eigenvalue weighted by Crippen LogP contribution is 2.29. The summed E-state index contributed by atoms with van der Waals surface area (Å²) < 4.78 is 0. The van der Waals surface area contributed by atoms with E-state index < -0.39 is 0 Å². The van der Waals surface area contributed by atoms with E-state index in [-0.39, 0.29) is 12.6 Å². The minimum atomic E-state index is 0.181. The van der Waals surface area contributed by atoms with Crippen molar-refractivity contribution in [3.8, 4) is 22.6 Å². The van der Waals surface area contributed by atoms with E-state index in [9.17, 15) is 0 Å². The van der Waals surface area contributed by atoms with Gasteiger partial charge in [0.05, 0.1) is 23.6 Å². The van der Waals surface area contributed by atoms with E-state index in [1.54, 1.807) is 6.20 Å². The molecule has 1 atom stereocenters. The van der Waals surface area contributed by atoms with E-state index >= 15 is 0 Å². The van der Waals surface area contributed by atoms with Gasteiger partial charge in [-0.05, 0) is 32.4 Å². The number of aryl methyl sites for hydroxylation is 1. The number of aliphatic hydroxyl groups excluding tert-OH is 1. The van der Waals surface area contributed by atoms with E-state index in [2.05, 4.69) is 53.4 Å². The molecule has 1 aromatic carbocycles. The largest absolute Gasteiger partial charge is 0.396 e. The maximum Gasteiger partial charge on any atom is 0.121 e. The second-order valence-corrected chi connectivity index (χ2v) is 6.28. The SMILES string of the molecule is Cc1ccc(-c2nc(CN[C@@H](C)CCO)[nH]c2-c2ccccn2)cc1. The lowest BCUT2D eigenvalue weighted by atomic mass is 10.1. The maximum absolute atomic E-state index is 9.03. The minimum Gasteiger partial charge on any atom is -0.396 e. The monoisotopic (exact) mass is 336 g/mol. The number of aromatic nitrogens is 3. The van der Waals surface area contributed by atoms with Gasteiger partial charge in [0.1, 0.15) is 5.82 Å². The number of pyridine rings is 1. The average Bonchev–Trinajstić information content (AvgIpc) is 3.06. The topological polar surface area (TPSA) is 73.8 Å². The summed E-state index contributed by atoms with van der Waals surface area (Å²) >= 11 is 0. The molecule has 0 aliphatic carbocycles. The van der Waals surface area contributed by atoms with Crippen LogP contribution in [0.5, 0.6) is 0 Å². The first-order valence-electron chi connectivity index (χ1n) is 8.59. The molecule has 3 rings (SSSR count). The zero-order valence-corrected chi connectivity index (χ0v) is 14.7. The summed E-state index contributed by atoms with van der Waals surface area (Å²) in [5.41, 5.74) is 5.00. The Morgan fingerprint density at radius 2 is 1.96 bits per heavy atom. The van der Waals surface area contributed by atoms with E-state index in [1.807, 2.05) is 18.2 Å². The predicted molar refractivity (Wildman–Crippen MR) is 100.0 cm³/mol. The van der Waals surface area contributed by atoms with Crippen LogP contribution in [0, 0.1) is 6.92 Å². The Kier molecular flexibility index (Phi) is 5.58. The van der Waals surface area contributed by atoms with Crippen LogP contribution in [0.25, 0.3) is 22.6 Å². The maximum atomic E-state index is 9.03. The number of imidazole rings is 1. The Labute approximate surface area is 148 Å². The van der Waals surface area contributed by atoms with Crippen molar-refractivity contribution in [2.45, 2.75) is 32.9 Å². The lowest BCUT2D eigenvalue weighted by Gasteiger charge is -2.10. The van der Waals surface area contributed by atoms with Crippen LogP contribution < -0.4 is 5.32 Å². The Bertz CT molecular complexity index is 796. The van der Waals surface area contributed by atoms with Gasteiger partial charge in [-0.3, -0.25) is 4.98 Å². The van der Waals surface area contributed by atoms with Crippen molar-refractivity contribution >= 4 is 0 Å². The second kappa shape index (κ2) is 8.05. The Hall–Kier alpha value is -2.50. The summed E-state index contributed by atoms with van der Waals surface area (Å²) in [7, 11) is 0. The molecular weight excluding hydrogens is 312 g/mol. The van der Waals surface area contributed by atoms with Crippen LogP contribution in [0.1, 0.15) is 24.7 Å². The Morgan fingerprint density at radius 3 is 2.64 bits per heavy atom. The number of nitrogens with zero attached hydrogens (tertiary/aromatic N) is 2. The van der Waals surface area contributed by atoms with Crippen LogP contribution in [-0.2, 0) is 6.54 Å². The molecule has 0 saturated heterocycles. The fourth-order valence-corrected chi connectivity index (χ4v) is 2.69. The van der Waals surface area contributed by atoms with Crippen molar-refractivity contribution < 1.29 is 5.11 Å². The molecule has 3 aromatic rings. The zero-order chi connectivity index (χ0) is 17.6. The number of H-pyrrole nitrogens is 1. The minimum absolute atomic E-state index is 0.181. The highest BCUT2D eigenvalue weighted by atomic mass is 16.3. The first-order chi connectivity index (χ1) is 12.2. The first-order valence-corrected chi connectivity index (χ1v) is 8.59. The van der Waals surface area contributed by atoms with Crippen LogP contribution in [-0.4, -0.2) is 32.7 Å². The van der Waals surface area contributed by atoms with Gasteiger partial charge in [0.15, 0.2) is 0 Å². The lowest BCUT2D eigenvalue weighted by Crippen LogP contribution is -2.26. The number of hydrogen-bond donors (Lipinski definition) is 3. The smallest absolute Gasteiger partial charge is 0.121 e.